The quantitative estimate of drug-likeness (QED) is 0.0393. The minimum Gasteiger partial charge on any atom is -0.743 e. The molecule has 30 atom stereocenters. The molecule has 15 rings (SSSR count). The van der Waals surface area contributed by atoms with Crippen molar-refractivity contribution in [1.82, 2.24) is 0 Å². The van der Waals surface area contributed by atoms with Gasteiger partial charge in [-0.25, -0.2) is 54.0 Å². The van der Waals surface area contributed by atoms with Gasteiger partial charge in [-0.3, -0.25) is 28.8 Å². The van der Waals surface area contributed by atoms with Gasteiger partial charge in [-0.05, 0) is 132 Å². The fourth-order valence-corrected chi connectivity index (χ4v) is 25.4. The number of esters is 12. The topological polar surface area (TPSA) is 543 Å². The first-order valence-corrected chi connectivity index (χ1v) is 46.6. The average Bonchev–Trinajstić information content (AvgIpc) is 1.52. The van der Waals surface area contributed by atoms with Gasteiger partial charge in [0.15, 0.2) is 85.3 Å². The molecule has 12 bridgehead atoms. The summed E-state index contributed by atoms with van der Waals surface area (Å²) in [7, 11) is -18.3. The molecule has 0 aromatic heterocycles. The molecule has 15 fully saturated rings. The second kappa shape index (κ2) is 33.4. The van der Waals surface area contributed by atoms with Crippen LogP contribution in [0.2, 0.25) is 0 Å². The number of hydrogen-bond donors (Lipinski definition) is 0. The summed E-state index contributed by atoms with van der Waals surface area (Å²) in [6, 6.07) is 0. The van der Waals surface area contributed by atoms with Crippen molar-refractivity contribution in [3.63, 3.8) is 0 Å². The van der Waals surface area contributed by atoms with Gasteiger partial charge < -0.3 is 98.9 Å². The summed E-state index contributed by atoms with van der Waals surface area (Å²) < 4.78 is 273. The second-order valence-electron chi connectivity index (χ2n) is 39.2. The molecule has 0 N–H and O–H groups in total. The van der Waals surface area contributed by atoms with Crippen LogP contribution in [0.5, 0.6) is 0 Å². The molecule has 30 unspecified atom stereocenters. The first-order chi connectivity index (χ1) is 59.3. The predicted molar refractivity (Wildman–Crippen MR) is 404 cm³/mol. The molecular formula is C81H105F6O39S3-3. The number of halogens is 6. The Hall–Kier alpha value is -7.29. The molecule has 726 valence electrons. The lowest BCUT2D eigenvalue weighted by atomic mass is 9.61. The molecule has 0 aromatic rings. The minimum atomic E-state index is -6.10. The molecule has 48 heteroatoms. The van der Waals surface area contributed by atoms with Gasteiger partial charge in [0.2, 0.25) is 0 Å². The summed E-state index contributed by atoms with van der Waals surface area (Å²) in [5, 5.41) is -14.6. The molecule has 129 heavy (non-hydrogen) atoms. The van der Waals surface area contributed by atoms with Gasteiger partial charge in [0.25, 0.3) is 0 Å². The minimum absolute atomic E-state index is 0.0137. The highest BCUT2D eigenvalue weighted by Crippen LogP contribution is 2.75. The summed E-state index contributed by atoms with van der Waals surface area (Å²) in [6.45, 7) is 23.2. The summed E-state index contributed by atoms with van der Waals surface area (Å²) >= 11 is 0. The van der Waals surface area contributed by atoms with E-state index in [0.717, 1.165) is 38.5 Å². The van der Waals surface area contributed by atoms with E-state index >= 15 is 0 Å². The van der Waals surface area contributed by atoms with Gasteiger partial charge in [0.1, 0.15) is 129 Å². The van der Waals surface area contributed by atoms with Crippen LogP contribution in [0.1, 0.15) is 175 Å². The van der Waals surface area contributed by atoms with Crippen LogP contribution in [0.25, 0.3) is 0 Å². The normalized spacial score (nSPS) is 39.5. The first-order valence-electron chi connectivity index (χ1n) is 42.4. The Balaban J connectivity index is 0.000000165. The number of hydrogen-bond acceptors (Lipinski definition) is 39. The largest absolute Gasteiger partial charge is 0.743 e. The lowest BCUT2D eigenvalue weighted by Gasteiger charge is -2.50. The number of carbonyl (C=O) groups is 12. The van der Waals surface area contributed by atoms with Crippen molar-refractivity contribution in [2.45, 2.75) is 299 Å². The zero-order valence-electron chi connectivity index (χ0n) is 73.2. The zero-order chi connectivity index (χ0) is 95.9. The summed E-state index contributed by atoms with van der Waals surface area (Å²) in [4.78, 5) is 152. The molecular weight excluding hydrogens is 1810 g/mol. The molecule has 9 saturated heterocycles. The van der Waals surface area contributed by atoms with Crippen LogP contribution >= 0.6 is 0 Å². The first kappa shape index (κ1) is 99.2. The van der Waals surface area contributed by atoms with Crippen LogP contribution in [0, 0.1) is 91.7 Å². The fraction of sp³-hybridized carbons (Fsp3) is 0.852. The molecule has 0 amide bonds. The van der Waals surface area contributed by atoms with E-state index in [0.29, 0.717) is 64.2 Å². The molecule has 6 aliphatic carbocycles. The summed E-state index contributed by atoms with van der Waals surface area (Å²) in [5.74, 6) is -16.3. The molecule has 39 nitrogen and oxygen atoms in total. The summed E-state index contributed by atoms with van der Waals surface area (Å²) in [5.41, 5.74) is -3.29. The monoisotopic (exact) mass is 1910 g/mol. The number of carbonyl (C=O) groups excluding carboxylic acids is 12. The van der Waals surface area contributed by atoms with Gasteiger partial charge >= 0.3 is 87.4 Å². The van der Waals surface area contributed by atoms with E-state index in [1.54, 1.807) is 0 Å². The Morgan fingerprint density at radius 1 is 0.395 bits per heavy atom. The van der Waals surface area contributed by atoms with Crippen LogP contribution in [-0.2, 0) is 173 Å². The summed E-state index contributed by atoms with van der Waals surface area (Å²) in [6.07, 6.45) is -11.3. The third-order valence-corrected chi connectivity index (χ3v) is 35.6. The van der Waals surface area contributed by atoms with Crippen molar-refractivity contribution in [2.75, 3.05) is 39.6 Å². The van der Waals surface area contributed by atoms with Gasteiger partial charge in [-0.15, -0.1) is 0 Å². The number of rotatable bonds is 32. The van der Waals surface area contributed by atoms with E-state index in [2.05, 4.69) is 76.5 Å². The maximum atomic E-state index is 13.9. The van der Waals surface area contributed by atoms with Crippen molar-refractivity contribution in [3.05, 3.63) is 0 Å². The lowest BCUT2D eigenvalue weighted by molar-refractivity contribution is -0.199. The molecule has 0 aromatic carbocycles. The number of fused-ring (bicyclic) bond motifs is 9. The molecule has 9 aliphatic heterocycles. The maximum absolute atomic E-state index is 13.9. The molecule has 6 saturated carbocycles. The van der Waals surface area contributed by atoms with Crippen molar-refractivity contribution in [3.8, 4) is 0 Å². The molecule has 0 radical (unpaired) electrons. The Morgan fingerprint density at radius 2 is 0.682 bits per heavy atom. The smallest absolute Gasteiger partial charge is 0.370 e. The number of ether oxygens (including phenoxy) is 18. The second-order valence-corrected chi connectivity index (χ2v) is 43.6. The lowest BCUT2D eigenvalue weighted by Crippen LogP contribution is -2.56. The van der Waals surface area contributed by atoms with Crippen LogP contribution in [0.4, 0.5) is 26.3 Å². The highest BCUT2D eigenvalue weighted by Gasteiger charge is 2.79. The zero-order valence-corrected chi connectivity index (χ0v) is 75.6. The average molecular weight is 1910 g/mol. The van der Waals surface area contributed by atoms with Gasteiger partial charge in [-0.2, -0.15) is 26.3 Å². The van der Waals surface area contributed by atoms with E-state index < -0.39 is 301 Å². The fourth-order valence-electron chi connectivity index (χ4n) is 24.1. The Morgan fingerprint density at radius 3 is 0.946 bits per heavy atom. The SMILES string of the molecule is CC(C)C1(OC(=O)C2C3OC4C(OC(=O)C42)C3OC(=O)COCC(=O)OC(C)C(F)(F)S(=O)(=O)[O-])CC2CCC1(C)C2(C)C.CC(OC(=O)COCC(=O)OC1C2OC(=O)C3C2OC1C3C(=O)OC1(C)CC2CCC1(C)C2(C)C)C(F)(F)S(=O)(=O)[O-].CCC1(OC(=O)C2C3OC4C(OC(=O)C42)C3OC(=O)COCC(=O)OC(C)C(F)(F)S(=O)(=O)[O-])CC2CCC1(C)C2(C)C. The maximum Gasteiger partial charge on any atom is 0.370 e. The van der Waals surface area contributed by atoms with Crippen molar-refractivity contribution in [1.29, 1.82) is 0 Å². The van der Waals surface area contributed by atoms with Crippen LogP contribution < -0.4 is 0 Å². The Bertz CT molecular complexity index is 4910. The van der Waals surface area contributed by atoms with Gasteiger partial charge in [0, 0.05) is 16.2 Å². The predicted octanol–water partition coefficient (Wildman–Crippen LogP) is 4.24. The molecule has 9 heterocycles. The van der Waals surface area contributed by atoms with E-state index in [9.17, 15) is 123 Å². The molecule has 0 spiro atoms. The van der Waals surface area contributed by atoms with Crippen LogP contribution in [0.15, 0.2) is 0 Å². The Labute approximate surface area is 737 Å². The van der Waals surface area contributed by atoms with Crippen molar-refractivity contribution in [2.24, 2.45) is 91.7 Å². The Kier molecular flexibility index (Phi) is 25.7. The van der Waals surface area contributed by atoms with Crippen molar-refractivity contribution >= 4 is 102 Å². The van der Waals surface area contributed by atoms with Gasteiger partial charge in [0.05, 0.1) is 0 Å². The third-order valence-electron chi connectivity index (χ3n) is 32.6. The van der Waals surface area contributed by atoms with E-state index in [1.807, 2.05) is 27.7 Å². The third kappa shape index (κ3) is 15.7. The van der Waals surface area contributed by atoms with E-state index in [-0.39, 0.29) is 38.4 Å². The standard InChI is InChI=1S/C28H38F2O13S.C27H36F2O13S.C26H34F2O13S/c1-12(2)27(9-14-7-8-26(27,6)25(14,4)5)43-24(34)18-17-19-22(42-23(17)33)21(20(18)41-19)40-16(32)11-38-10-15(31)39-13(3)28(29,30)44(35,36)37;1-6-26(9-13-7-8-25(26,5)24(13,3)4)42-23(33)17-16-18-21(41-22(16)32)20(19(17)40-18)39-15(31)11-37-10-14(30)38-12(2)27(28,29)43(34,35)36;1-11(26(27,28)42(33,34)35)37-13(29)9-36-10-14(30)38-19-18-16(15-17(39-18)20(19)40-21(15)31)22(32)41-25(5)8-12-6-7-24(25,4)23(12,2)3/h12-14,17-22H,7-11H2,1-6H3,(H,35,36,37);12-13,16-21H,6-11H2,1-5H3,(H,34,35,36);11-12,15-20H,6-10H2,1-5H3,(H,33,34,35)/p-3. The molecule has 15 aliphatic rings. The van der Waals surface area contributed by atoms with E-state index in [1.165, 1.54) is 0 Å². The van der Waals surface area contributed by atoms with E-state index in [4.69, 9.17) is 71.1 Å². The van der Waals surface area contributed by atoms with Crippen LogP contribution in [-0.4, -0.2) is 274 Å². The van der Waals surface area contributed by atoms with Crippen molar-refractivity contribution < 1.29 is 208 Å². The highest BCUT2D eigenvalue weighted by atomic mass is 32.2. The van der Waals surface area contributed by atoms with Crippen LogP contribution in [0.3, 0.4) is 0 Å². The number of alkyl halides is 6. The highest BCUT2D eigenvalue weighted by molar-refractivity contribution is 7.87. The van der Waals surface area contributed by atoms with Gasteiger partial charge in [-0.1, -0.05) is 83.1 Å².